The van der Waals surface area contributed by atoms with Crippen LogP contribution in [-0.2, 0) is 14.3 Å². The molecular weight excluding hydrogens is 406 g/mol. The lowest BCUT2D eigenvalue weighted by molar-refractivity contribution is -0.154. The number of esters is 1. The smallest absolute Gasteiger partial charge is 0.306 e. The molecule has 0 heterocycles. The fourth-order valence-electron chi connectivity index (χ4n) is 3.88. The third-order valence-corrected chi connectivity index (χ3v) is 5.96. The number of hydrogen-bond acceptors (Lipinski definition) is 4. The van der Waals surface area contributed by atoms with Crippen molar-refractivity contribution in [3.63, 3.8) is 0 Å². The Kier molecular flexibility index (Phi) is 26.0. The third-order valence-electron chi connectivity index (χ3n) is 5.96. The van der Waals surface area contributed by atoms with Crippen molar-refractivity contribution >= 4 is 5.97 Å². The molecule has 0 aromatic carbocycles. The summed E-state index contributed by atoms with van der Waals surface area (Å²) in [5.74, 6) is -0.283. The number of alkyl halides is 1. The van der Waals surface area contributed by atoms with Gasteiger partial charge in [0.25, 0.3) is 0 Å². The quantitative estimate of drug-likeness (QED) is 0.106. The second kappa shape index (κ2) is 26.6. The van der Waals surface area contributed by atoms with Crippen LogP contribution in [0.3, 0.4) is 0 Å². The first-order valence-electron chi connectivity index (χ1n) is 13.7. The van der Waals surface area contributed by atoms with Crippen LogP contribution in [0.2, 0.25) is 0 Å². The highest BCUT2D eigenvalue weighted by Gasteiger charge is 2.13. The number of aliphatic hydroxyl groups is 1. The Morgan fingerprint density at radius 2 is 1.19 bits per heavy atom. The molecule has 0 amide bonds. The molecule has 32 heavy (non-hydrogen) atoms. The molecule has 1 unspecified atom stereocenters. The zero-order valence-corrected chi connectivity index (χ0v) is 21.1. The zero-order chi connectivity index (χ0) is 23.5. The SMILES string of the molecule is CCCCCCCCCCCCCCCCOCC(CO)OC(=O)CCCCCCC[18F]. The topological polar surface area (TPSA) is 55.8 Å². The number of hydrogen-bond donors (Lipinski definition) is 1. The molecule has 0 rings (SSSR count). The molecule has 0 aliphatic heterocycles. The first kappa shape index (κ1) is 31.3. The fourth-order valence-corrected chi connectivity index (χ4v) is 3.88. The molecule has 1 N–H and O–H groups in total. The molecule has 192 valence electrons. The summed E-state index contributed by atoms with van der Waals surface area (Å²) in [5, 5.41) is 9.38. The van der Waals surface area contributed by atoms with E-state index in [1.54, 1.807) is 0 Å². The van der Waals surface area contributed by atoms with Crippen molar-refractivity contribution in [1.29, 1.82) is 0 Å². The van der Waals surface area contributed by atoms with Crippen LogP contribution in [0, 0.1) is 0 Å². The Hall–Kier alpha value is -0.680. The van der Waals surface area contributed by atoms with Crippen molar-refractivity contribution in [3.8, 4) is 0 Å². The van der Waals surface area contributed by atoms with Gasteiger partial charge in [-0.2, -0.15) is 0 Å². The average molecular weight is 460 g/mol. The van der Waals surface area contributed by atoms with Crippen LogP contribution in [0.5, 0.6) is 0 Å². The highest BCUT2D eigenvalue weighted by molar-refractivity contribution is 5.69. The van der Waals surface area contributed by atoms with Gasteiger partial charge in [0.1, 0.15) is 6.10 Å². The molecule has 0 aromatic heterocycles. The number of carbonyl (C=O) groups excluding carboxylic acids is 1. The maximum atomic E-state index is 12.0. The molecular formula is C27H53FO4. The number of rotatable bonds is 26. The van der Waals surface area contributed by atoms with E-state index < -0.39 is 6.10 Å². The summed E-state index contributed by atoms with van der Waals surface area (Å²) in [6, 6.07) is 0. The summed E-state index contributed by atoms with van der Waals surface area (Å²) >= 11 is 0. The number of halogens is 1. The van der Waals surface area contributed by atoms with E-state index in [1.807, 2.05) is 0 Å². The molecule has 0 radical (unpaired) electrons. The highest BCUT2D eigenvalue weighted by Crippen LogP contribution is 2.13. The molecule has 4 nitrogen and oxygen atoms in total. The molecule has 0 fully saturated rings. The Labute approximate surface area is 198 Å². The van der Waals surface area contributed by atoms with Gasteiger partial charge in [-0.3, -0.25) is 9.18 Å². The van der Waals surface area contributed by atoms with E-state index in [4.69, 9.17) is 9.47 Å². The summed E-state index contributed by atoms with van der Waals surface area (Å²) in [6.45, 7) is 2.71. The predicted molar refractivity (Wildman–Crippen MR) is 132 cm³/mol. The van der Waals surface area contributed by atoms with Gasteiger partial charge in [0.15, 0.2) is 0 Å². The van der Waals surface area contributed by atoms with Gasteiger partial charge in [-0.15, -0.1) is 0 Å². The Bertz CT molecular complexity index is 379. The first-order chi connectivity index (χ1) is 15.7. The third kappa shape index (κ3) is 24.0. The van der Waals surface area contributed by atoms with Crippen LogP contribution in [0.25, 0.3) is 0 Å². The van der Waals surface area contributed by atoms with Crippen molar-refractivity contribution in [3.05, 3.63) is 0 Å². The van der Waals surface area contributed by atoms with Gasteiger partial charge in [-0.25, -0.2) is 0 Å². The lowest BCUT2D eigenvalue weighted by Crippen LogP contribution is -2.27. The zero-order valence-electron chi connectivity index (χ0n) is 21.1. The van der Waals surface area contributed by atoms with Gasteiger partial charge in [-0.05, 0) is 19.3 Å². The maximum absolute atomic E-state index is 12.0. The van der Waals surface area contributed by atoms with Gasteiger partial charge in [0.05, 0.1) is 19.9 Å². The van der Waals surface area contributed by atoms with Gasteiger partial charge < -0.3 is 14.6 Å². The lowest BCUT2D eigenvalue weighted by Gasteiger charge is -2.15. The highest BCUT2D eigenvalue weighted by atomic mass is 18.2. The maximum Gasteiger partial charge on any atom is 0.306 e. The van der Waals surface area contributed by atoms with E-state index in [0.29, 0.717) is 19.4 Å². The second-order valence-electron chi connectivity index (χ2n) is 9.17. The monoisotopic (exact) mass is 459 g/mol. The summed E-state index contributed by atoms with van der Waals surface area (Å²) in [6.07, 6.45) is 22.5. The molecule has 0 aliphatic rings. The Morgan fingerprint density at radius 3 is 1.69 bits per heavy atom. The van der Waals surface area contributed by atoms with Crippen LogP contribution >= 0.6 is 0 Å². The first-order valence-corrected chi connectivity index (χ1v) is 13.7. The lowest BCUT2D eigenvalue weighted by atomic mass is 10.0. The average Bonchev–Trinajstić information content (AvgIpc) is 2.80. The van der Waals surface area contributed by atoms with Crippen LogP contribution in [0.4, 0.5) is 4.39 Å². The van der Waals surface area contributed by atoms with Gasteiger partial charge >= 0.3 is 5.97 Å². The van der Waals surface area contributed by atoms with Crippen molar-refractivity contribution in [2.45, 2.75) is 141 Å². The van der Waals surface area contributed by atoms with Crippen molar-refractivity contribution in [1.82, 2.24) is 0 Å². The van der Waals surface area contributed by atoms with Crippen LogP contribution in [0.15, 0.2) is 0 Å². The van der Waals surface area contributed by atoms with Gasteiger partial charge in [0, 0.05) is 13.0 Å². The minimum atomic E-state index is -0.569. The molecule has 1 atom stereocenters. The minimum absolute atomic E-state index is 0.207. The molecule has 0 saturated carbocycles. The minimum Gasteiger partial charge on any atom is -0.457 e. The van der Waals surface area contributed by atoms with E-state index in [1.165, 1.54) is 83.5 Å². The van der Waals surface area contributed by atoms with Crippen LogP contribution in [0.1, 0.15) is 135 Å². The normalized spacial score (nSPS) is 12.2. The summed E-state index contributed by atoms with van der Waals surface area (Å²) in [5.41, 5.74) is 0. The van der Waals surface area contributed by atoms with E-state index in [-0.39, 0.29) is 25.9 Å². The van der Waals surface area contributed by atoms with Crippen molar-refractivity contribution in [2.75, 3.05) is 26.5 Å². The number of ether oxygens (including phenoxy) is 2. The molecule has 0 bridgehead atoms. The predicted octanol–water partition coefficient (Wildman–Crippen LogP) is 7.70. The van der Waals surface area contributed by atoms with Crippen molar-refractivity contribution < 1.29 is 23.8 Å². The van der Waals surface area contributed by atoms with E-state index in [2.05, 4.69) is 6.92 Å². The molecule has 0 saturated heterocycles. The Balaban J connectivity index is 3.37. The van der Waals surface area contributed by atoms with E-state index in [9.17, 15) is 14.3 Å². The molecule has 0 aromatic rings. The molecule has 5 heteroatoms. The Morgan fingerprint density at radius 1 is 0.719 bits per heavy atom. The molecule has 0 aliphatic carbocycles. The van der Waals surface area contributed by atoms with Gasteiger partial charge in [0.2, 0.25) is 0 Å². The van der Waals surface area contributed by atoms with Crippen molar-refractivity contribution in [2.24, 2.45) is 0 Å². The fraction of sp³-hybridized carbons (Fsp3) is 0.963. The van der Waals surface area contributed by atoms with Gasteiger partial charge in [-0.1, -0.05) is 110 Å². The van der Waals surface area contributed by atoms with Crippen LogP contribution < -0.4 is 0 Å². The largest absolute Gasteiger partial charge is 0.457 e. The summed E-state index contributed by atoms with van der Waals surface area (Å²) < 4.78 is 22.9. The number of aliphatic hydroxyl groups excluding tert-OH is 1. The van der Waals surface area contributed by atoms with Crippen LogP contribution in [-0.4, -0.2) is 43.7 Å². The number of carbonyl (C=O) groups is 1. The van der Waals surface area contributed by atoms with E-state index in [0.717, 1.165) is 32.1 Å². The second-order valence-corrected chi connectivity index (χ2v) is 9.17. The molecule has 0 spiro atoms. The standard InChI is InChI=1S/C27H53FO4/c1-2-3-4-5-6-7-8-9-10-11-12-13-17-20-23-31-25-26(24-29)32-27(30)21-18-15-14-16-19-22-28/h26,29H,2-25H2,1H3/i28-1. The number of unbranched alkanes of at least 4 members (excludes halogenated alkanes) is 17. The van der Waals surface area contributed by atoms with E-state index >= 15 is 0 Å². The summed E-state index contributed by atoms with van der Waals surface area (Å²) in [7, 11) is 0. The summed E-state index contributed by atoms with van der Waals surface area (Å²) in [4.78, 5) is 11.8.